The molecule has 136 valence electrons. The van der Waals surface area contributed by atoms with Crippen LogP contribution in [0, 0.1) is 0 Å². The van der Waals surface area contributed by atoms with Crippen LogP contribution in [-0.2, 0) is 9.47 Å². The van der Waals surface area contributed by atoms with E-state index in [-0.39, 0.29) is 16.7 Å². The summed E-state index contributed by atoms with van der Waals surface area (Å²) in [5.74, 6) is -2.11. The standard InChI is InChI=1S/C21H16O6/c1-26-20(24)17-9-16(10-18(11-17)21(25)27-2)14-4-3-13-8-15(19(22)23)6-5-12(13)7-14/h3-11H,1-2H3,(H,22,23). The van der Waals surface area contributed by atoms with E-state index in [0.29, 0.717) is 5.56 Å². The van der Waals surface area contributed by atoms with Gasteiger partial charge in [0.2, 0.25) is 0 Å². The molecule has 3 aromatic rings. The Morgan fingerprint density at radius 1 is 0.667 bits per heavy atom. The third-order valence-corrected chi connectivity index (χ3v) is 4.20. The van der Waals surface area contributed by atoms with Crippen LogP contribution in [0.4, 0.5) is 0 Å². The highest BCUT2D eigenvalue weighted by molar-refractivity contribution is 5.99. The van der Waals surface area contributed by atoms with Gasteiger partial charge in [-0.25, -0.2) is 14.4 Å². The maximum atomic E-state index is 11.9. The van der Waals surface area contributed by atoms with Gasteiger partial charge in [-0.05, 0) is 58.3 Å². The summed E-state index contributed by atoms with van der Waals surface area (Å²) in [7, 11) is 2.53. The van der Waals surface area contributed by atoms with Gasteiger partial charge in [0.25, 0.3) is 0 Å². The van der Waals surface area contributed by atoms with Crippen molar-refractivity contribution in [3.63, 3.8) is 0 Å². The topological polar surface area (TPSA) is 89.9 Å². The average Bonchev–Trinajstić information content (AvgIpc) is 2.71. The highest BCUT2D eigenvalue weighted by Gasteiger charge is 2.15. The minimum absolute atomic E-state index is 0.205. The van der Waals surface area contributed by atoms with Gasteiger partial charge in [0, 0.05) is 0 Å². The van der Waals surface area contributed by atoms with Crippen molar-refractivity contribution in [3.05, 3.63) is 71.3 Å². The van der Waals surface area contributed by atoms with Crippen LogP contribution in [0.1, 0.15) is 31.1 Å². The van der Waals surface area contributed by atoms with E-state index >= 15 is 0 Å². The Balaban J connectivity index is 2.14. The first-order valence-electron chi connectivity index (χ1n) is 8.02. The molecule has 0 heterocycles. The van der Waals surface area contributed by atoms with Crippen LogP contribution in [0.25, 0.3) is 21.9 Å². The van der Waals surface area contributed by atoms with Gasteiger partial charge in [0.05, 0.1) is 30.9 Å². The van der Waals surface area contributed by atoms with Crippen LogP contribution < -0.4 is 0 Å². The fourth-order valence-electron chi connectivity index (χ4n) is 2.82. The second-order valence-electron chi connectivity index (χ2n) is 5.86. The SMILES string of the molecule is COC(=O)c1cc(C(=O)OC)cc(-c2ccc3cc(C(=O)O)ccc3c2)c1. The average molecular weight is 364 g/mol. The molecule has 0 spiro atoms. The smallest absolute Gasteiger partial charge is 0.337 e. The molecular weight excluding hydrogens is 348 g/mol. The summed E-state index contributed by atoms with van der Waals surface area (Å²) in [6.07, 6.45) is 0. The monoisotopic (exact) mass is 364 g/mol. The van der Waals surface area contributed by atoms with E-state index in [1.807, 2.05) is 6.07 Å². The van der Waals surface area contributed by atoms with Crippen molar-refractivity contribution in [2.45, 2.75) is 0 Å². The second-order valence-corrected chi connectivity index (χ2v) is 5.86. The fraction of sp³-hybridized carbons (Fsp3) is 0.0952. The molecule has 3 aromatic carbocycles. The number of esters is 2. The number of carbonyl (C=O) groups excluding carboxylic acids is 2. The Morgan fingerprint density at radius 2 is 1.22 bits per heavy atom. The predicted octanol–water partition coefficient (Wildman–Crippen LogP) is 3.78. The molecule has 6 nitrogen and oxygen atoms in total. The van der Waals surface area contributed by atoms with Gasteiger partial charge in [-0.15, -0.1) is 0 Å². The first-order valence-corrected chi connectivity index (χ1v) is 8.02. The molecule has 6 heteroatoms. The molecular formula is C21H16O6. The zero-order valence-electron chi connectivity index (χ0n) is 14.7. The molecule has 0 aromatic heterocycles. The summed E-state index contributed by atoms with van der Waals surface area (Å²) < 4.78 is 9.51. The number of ether oxygens (including phenoxy) is 2. The summed E-state index contributed by atoms with van der Waals surface area (Å²) >= 11 is 0. The number of hydrogen-bond donors (Lipinski definition) is 1. The van der Waals surface area contributed by atoms with E-state index in [2.05, 4.69) is 0 Å². The third-order valence-electron chi connectivity index (χ3n) is 4.20. The largest absolute Gasteiger partial charge is 0.478 e. The molecule has 27 heavy (non-hydrogen) atoms. The van der Waals surface area contributed by atoms with Crippen LogP contribution in [0.5, 0.6) is 0 Å². The van der Waals surface area contributed by atoms with Crippen LogP contribution in [0.2, 0.25) is 0 Å². The van der Waals surface area contributed by atoms with E-state index in [1.165, 1.54) is 26.4 Å². The van der Waals surface area contributed by atoms with Gasteiger partial charge < -0.3 is 14.6 Å². The number of rotatable bonds is 4. The molecule has 0 aliphatic carbocycles. The van der Waals surface area contributed by atoms with E-state index in [4.69, 9.17) is 14.6 Å². The van der Waals surface area contributed by atoms with Gasteiger partial charge in [-0.3, -0.25) is 0 Å². The van der Waals surface area contributed by atoms with Crippen LogP contribution in [0.3, 0.4) is 0 Å². The zero-order chi connectivity index (χ0) is 19.6. The zero-order valence-corrected chi connectivity index (χ0v) is 14.7. The minimum atomic E-state index is -0.991. The van der Waals surface area contributed by atoms with Gasteiger partial charge in [0.15, 0.2) is 0 Å². The Kier molecular flexibility index (Phi) is 4.90. The number of aromatic carboxylic acids is 1. The van der Waals surface area contributed by atoms with Gasteiger partial charge in [-0.2, -0.15) is 0 Å². The number of carboxylic acids is 1. The van der Waals surface area contributed by atoms with Crippen molar-refractivity contribution < 1.29 is 29.0 Å². The molecule has 0 amide bonds. The molecule has 0 aliphatic heterocycles. The lowest BCUT2D eigenvalue weighted by atomic mass is 9.97. The van der Waals surface area contributed by atoms with E-state index in [1.54, 1.807) is 36.4 Å². The number of benzene rings is 3. The minimum Gasteiger partial charge on any atom is -0.478 e. The molecule has 0 radical (unpaired) electrons. The van der Waals surface area contributed by atoms with Crippen LogP contribution in [-0.4, -0.2) is 37.2 Å². The normalized spacial score (nSPS) is 10.4. The molecule has 0 saturated carbocycles. The third kappa shape index (κ3) is 3.64. The summed E-state index contributed by atoms with van der Waals surface area (Å²) in [5, 5.41) is 10.7. The van der Waals surface area contributed by atoms with Crippen molar-refractivity contribution >= 4 is 28.7 Å². The number of methoxy groups -OCH3 is 2. The molecule has 0 fully saturated rings. The molecule has 0 saturated heterocycles. The van der Waals surface area contributed by atoms with Crippen molar-refractivity contribution in [3.8, 4) is 11.1 Å². The molecule has 0 atom stereocenters. The van der Waals surface area contributed by atoms with Gasteiger partial charge >= 0.3 is 17.9 Å². The molecule has 1 N–H and O–H groups in total. The number of carbonyl (C=O) groups is 3. The Morgan fingerprint density at radius 3 is 1.78 bits per heavy atom. The van der Waals surface area contributed by atoms with Crippen molar-refractivity contribution in [1.29, 1.82) is 0 Å². The highest BCUT2D eigenvalue weighted by Crippen LogP contribution is 2.27. The summed E-state index contributed by atoms with van der Waals surface area (Å²) in [6.45, 7) is 0. The Bertz CT molecular complexity index is 1030. The summed E-state index contributed by atoms with van der Waals surface area (Å²) in [4.78, 5) is 35.0. The van der Waals surface area contributed by atoms with E-state index in [0.717, 1.165) is 16.3 Å². The lowest BCUT2D eigenvalue weighted by Gasteiger charge is -2.09. The lowest BCUT2D eigenvalue weighted by Crippen LogP contribution is -2.07. The maximum Gasteiger partial charge on any atom is 0.337 e. The summed E-state index contributed by atoms with van der Waals surface area (Å²) in [6, 6.07) is 15.0. The fourth-order valence-corrected chi connectivity index (χ4v) is 2.82. The van der Waals surface area contributed by atoms with Crippen LogP contribution in [0.15, 0.2) is 54.6 Å². The number of fused-ring (bicyclic) bond motifs is 1. The van der Waals surface area contributed by atoms with E-state index in [9.17, 15) is 14.4 Å². The first kappa shape index (κ1) is 18.1. The Hall–Kier alpha value is -3.67. The summed E-state index contributed by atoms with van der Waals surface area (Å²) in [5.41, 5.74) is 2.08. The molecule has 0 bridgehead atoms. The van der Waals surface area contributed by atoms with Crippen LogP contribution >= 0.6 is 0 Å². The molecule has 0 unspecified atom stereocenters. The van der Waals surface area contributed by atoms with Crippen molar-refractivity contribution in [2.75, 3.05) is 14.2 Å². The molecule has 0 aliphatic rings. The number of hydrogen-bond acceptors (Lipinski definition) is 5. The lowest BCUT2D eigenvalue weighted by molar-refractivity contribution is 0.0597. The molecule has 3 rings (SSSR count). The van der Waals surface area contributed by atoms with Crippen molar-refractivity contribution in [1.82, 2.24) is 0 Å². The Labute approximate surface area is 155 Å². The number of carboxylic acid groups (broad SMARTS) is 1. The highest BCUT2D eigenvalue weighted by atomic mass is 16.5. The van der Waals surface area contributed by atoms with Crippen molar-refractivity contribution in [2.24, 2.45) is 0 Å². The van der Waals surface area contributed by atoms with Gasteiger partial charge in [0.1, 0.15) is 0 Å². The second kappa shape index (κ2) is 7.29. The van der Waals surface area contributed by atoms with E-state index < -0.39 is 17.9 Å². The maximum absolute atomic E-state index is 11.9. The predicted molar refractivity (Wildman–Crippen MR) is 99.0 cm³/mol. The first-order chi connectivity index (χ1) is 12.9. The quantitative estimate of drug-likeness (QED) is 0.709. The van der Waals surface area contributed by atoms with Gasteiger partial charge in [-0.1, -0.05) is 18.2 Å².